The fraction of sp³-hybridized carbons (Fsp3) is 0.462. The van der Waals surface area contributed by atoms with Crippen LogP contribution in [-0.2, 0) is 38.1 Å². The van der Waals surface area contributed by atoms with Crippen LogP contribution < -0.4 is 0 Å². The van der Waals surface area contributed by atoms with Crippen molar-refractivity contribution in [1.29, 1.82) is 0 Å². The Balaban J connectivity index is 1.13. The highest BCUT2D eigenvalue weighted by Gasteiger charge is 2.38. The summed E-state index contributed by atoms with van der Waals surface area (Å²) < 4.78 is 24.3. The van der Waals surface area contributed by atoms with Crippen molar-refractivity contribution >= 4 is 57.9 Å². The van der Waals surface area contributed by atoms with E-state index in [1.165, 1.54) is 0 Å². The zero-order valence-electron chi connectivity index (χ0n) is 38.6. The zero-order valence-corrected chi connectivity index (χ0v) is 41.0. The number of rotatable bonds is 8. The summed E-state index contributed by atoms with van der Waals surface area (Å²) in [6, 6.07) is 25.3. The van der Waals surface area contributed by atoms with E-state index in [1.807, 2.05) is 95.2 Å². The van der Waals surface area contributed by atoms with E-state index >= 15 is 0 Å². The molecule has 3 heterocycles. The van der Waals surface area contributed by atoms with Crippen LogP contribution >= 0.6 is 34.0 Å². The predicted octanol–water partition coefficient (Wildman–Crippen LogP) is 14.6. The topological polar surface area (TPSA) is 105 Å². The summed E-state index contributed by atoms with van der Waals surface area (Å²) in [6.07, 6.45) is 0.583. The first-order valence-corrected chi connectivity index (χ1v) is 24.2. The van der Waals surface area contributed by atoms with Gasteiger partial charge in [0.05, 0.1) is 21.7 Å². The third kappa shape index (κ3) is 10.4. The molecule has 2 aliphatic rings. The Labute approximate surface area is 384 Å². The molecular formula is C52H60O8S3. The number of carbonyl (C=O) groups excluding carboxylic acids is 4. The lowest BCUT2D eigenvalue weighted by Gasteiger charge is -2.34. The van der Waals surface area contributed by atoms with Crippen molar-refractivity contribution in [2.75, 3.05) is 0 Å². The van der Waals surface area contributed by atoms with Crippen molar-refractivity contribution in [1.82, 2.24) is 0 Å². The van der Waals surface area contributed by atoms with Gasteiger partial charge in [0, 0.05) is 29.3 Å². The van der Waals surface area contributed by atoms with Gasteiger partial charge in [0.15, 0.2) is 0 Å². The summed E-state index contributed by atoms with van der Waals surface area (Å²) >= 11 is 5.17. The minimum Gasteiger partial charge on any atom is -0.457 e. The molecule has 5 aromatic rings. The standard InChI is InChI=1S/C52H60O8S3/c1-49(2,3)45(53)57-35-17-19-37(59-47(55)51(7,8)9)33-27-29(13-15-31(33)35)39-21-23-41(61-39)43-25-26-44(63-43)42-24-22-40(62-42)30-14-16-32-34(28-30)38(60-48(56)52(10,11)12)20-18-36(32)58-46(54)50(4,5)6/h13-16,21-28,35-38H,17-20H2,1-12H3. The maximum absolute atomic E-state index is 13.1. The fourth-order valence-electron chi connectivity index (χ4n) is 7.39. The van der Waals surface area contributed by atoms with E-state index in [2.05, 4.69) is 60.7 Å². The van der Waals surface area contributed by atoms with Crippen molar-refractivity contribution < 1.29 is 38.1 Å². The van der Waals surface area contributed by atoms with E-state index in [1.54, 1.807) is 34.0 Å². The van der Waals surface area contributed by atoms with Crippen LogP contribution in [0.4, 0.5) is 0 Å². The number of fused-ring (bicyclic) bond motifs is 2. The van der Waals surface area contributed by atoms with Crippen LogP contribution in [-0.4, -0.2) is 23.9 Å². The van der Waals surface area contributed by atoms with Crippen LogP contribution in [0.15, 0.2) is 72.8 Å². The lowest BCUT2D eigenvalue weighted by atomic mass is 9.85. The molecule has 0 aliphatic heterocycles. The van der Waals surface area contributed by atoms with Gasteiger partial charge in [0.2, 0.25) is 0 Å². The Kier molecular flexibility index (Phi) is 12.8. The van der Waals surface area contributed by atoms with Gasteiger partial charge in [-0.3, -0.25) is 19.2 Å². The number of hydrogen-bond acceptors (Lipinski definition) is 11. The Morgan fingerprint density at radius 3 is 0.873 bits per heavy atom. The first-order valence-electron chi connectivity index (χ1n) is 21.8. The van der Waals surface area contributed by atoms with Gasteiger partial charge in [0.25, 0.3) is 0 Å². The molecule has 0 radical (unpaired) electrons. The van der Waals surface area contributed by atoms with Crippen molar-refractivity contribution in [2.45, 2.75) is 133 Å². The second kappa shape index (κ2) is 17.4. The highest BCUT2D eigenvalue weighted by molar-refractivity contribution is 7.27. The zero-order chi connectivity index (χ0) is 45.8. The van der Waals surface area contributed by atoms with E-state index in [9.17, 15) is 19.2 Å². The van der Waals surface area contributed by atoms with Gasteiger partial charge in [0.1, 0.15) is 24.4 Å². The molecule has 0 saturated heterocycles. The summed E-state index contributed by atoms with van der Waals surface area (Å²) in [5, 5.41) is 0. The van der Waals surface area contributed by atoms with Gasteiger partial charge >= 0.3 is 23.9 Å². The maximum Gasteiger partial charge on any atom is 0.311 e. The minimum absolute atomic E-state index is 0.257. The molecule has 2 aliphatic carbocycles. The third-order valence-corrected chi connectivity index (χ3v) is 15.0. The minimum atomic E-state index is -0.649. The molecule has 11 heteroatoms. The van der Waals surface area contributed by atoms with Crippen LogP contribution in [0.25, 0.3) is 40.4 Å². The predicted molar refractivity (Wildman–Crippen MR) is 253 cm³/mol. The average molecular weight is 909 g/mol. The maximum atomic E-state index is 13.1. The first kappa shape index (κ1) is 46.4. The SMILES string of the molecule is CC(C)(C)C(=O)OC1CCC(OC(=O)C(C)(C)C)c2cc(-c3ccc(-c4ccc(-c5ccc(-c6ccc7c(c6)C(OC(=O)C(C)(C)C)CCC7OC(=O)C(C)(C)C)s5)s4)s3)ccc21. The summed E-state index contributed by atoms with van der Waals surface area (Å²) in [7, 11) is 0. The van der Waals surface area contributed by atoms with E-state index in [4.69, 9.17) is 18.9 Å². The first-order chi connectivity index (χ1) is 29.4. The number of ether oxygens (including phenoxy) is 4. The van der Waals surface area contributed by atoms with Crippen LogP contribution in [0, 0.1) is 21.7 Å². The van der Waals surface area contributed by atoms with Crippen LogP contribution in [0.2, 0.25) is 0 Å². The van der Waals surface area contributed by atoms with Gasteiger partial charge < -0.3 is 18.9 Å². The van der Waals surface area contributed by atoms with E-state index in [-0.39, 0.29) is 23.9 Å². The van der Waals surface area contributed by atoms with Crippen LogP contribution in [0.1, 0.15) is 155 Å². The number of carbonyl (C=O) groups is 4. The molecule has 0 amide bonds. The summed E-state index contributed by atoms with van der Waals surface area (Å²) in [5.74, 6) is -1.04. The molecule has 0 bridgehead atoms. The van der Waals surface area contributed by atoms with Crippen molar-refractivity contribution in [3.63, 3.8) is 0 Å². The number of esters is 4. The average Bonchev–Trinajstić information content (AvgIpc) is 4.00. The van der Waals surface area contributed by atoms with Crippen molar-refractivity contribution in [3.05, 3.63) is 95.1 Å². The van der Waals surface area contributed by atoms with Crippen LogP contribution in [0.3, 0.4) is 0 Å². The van der Waals surface area contributed by atoms with Crippen molar-refractivity contribution in [2.24, 2.45) is 21.7 Å². The second-order valence-corrected chi connectivity index (χ2v) is 24.2. The largest absolute Gasteiger partial charge is 0.457 e. The fourth-order valence-corrected chi connectivity index (χ4v) is 10.6. The molecule has 4 atom stereocenters. The molecule has 7 rings (SSSR count). The van der Waals surface area contributed by atoms with E-state index < -0.39 is 46.1 Å². The Morgan fingerprint density at radius 1 is 0.365 bits per heavy atom. The monoisotopic (exact) mass is 908 g/mol. The Bertz CT molecular complexity index is 2350. The molecule has 63 heavy (non-hydrogen) atoms. The van der Waals surface area contributed by atoms with Gasteiger partial charge in [-0.2, -0.15) is 0 Å². The lowest BCUT2D eigenvalue weighted by molar-refractivity contribution is -0.165. The second-order valence-electron chi connectivity index (χ2n) is 20.9. The Morgan fingerprint density at radius 2 is 0.603 bits per heavy atom. The van der Waals surface area contributed by atoms with Gasteiger partial charge in [-0.05, 0) is 191 Å². The van der Waals surface area contributed by atoms with Gasteiger partial charge in [-0.15, -0.1) is 34.0 Å². The van der Waals surface area contributed by atoms with Gasteiger partial charge in [-0.25, -0.2) is 0 Å². The Hall–Kier alpha value is -4.58. The molecule has 0 spiro atoms. The molecule has 0 saturated carbocycles. The normalized spacial score (nSPS) is 19.1. The number of hydrogen-bond donors (Lipinski definition) is 0. The smallest absolute Gasteiger partial charge is 0.311 e. The molecule has 3 aromatic heterocycles. The number of benzene rings is 2. The number of thiophene rings is 3. The summed E-state index contributed by atoms with van der Waals surface area (Å²) in [6.45, 7) is 22.3. The van der Waals surface area contributed by atoms with E-state index in [0.29, 0.717) is 25.7 Å². The molecule has 8 nitrogen and oxygen atoms in total. The lowest BCUT2D eigenvalue weighted by Crippen LogP contribution is -2.30. The molecule has 2 aromatic carbocycles. The molecule has 0 N–H and O–H groups in total. The highest BCUT2D eigenvalue weighted by atomic mass is 32.1. The molecule has 334 valence electrons. The van der Waals surface area contributed by atoms with E-state index in [0.717, 1.165) is 62.6 Å². The summed E-state index contributed by atoms with van der Waals surface area (Å²) in [5.41, 5.74) is 3.00. The molecule has 0 fully saturated rings. The molecule has 4 unspecified atom stereocenters. The highest BCUT2D eigenvalue weighted by Crippen LogP contribution is 2.48. The van der Waals surface area contributed by atoms with Gasteiger partial charge in [-0.1, -0.05) is 24.3 Å². The van der Waals surface area contributed by atoms with Crippen LogP contribution in [0.5, 0.6) is 0 Å². The van der Waals surface area contributed by atoms with Crippen molar-refractivity contribution in [3.8, 4) is 40.4 Å². The quantitative estimate of drug-likeness (QED) is 0.112. The summed E-state index contributed by atoms with van der Waals surface area (Å²) in [4.78, 5) is 58.9. The third-order valence-electron chi connectivity index (χ3n) is 11.3. The molecular weight excluding hydrogens is 849 g/mol.